The van der Waals surface area contributed by atoms with Gasteiger partial charge in [0.1, 0.15) is 0 Å². The van der Waals surface area contributed by atoms with Crippen molar-refractivity contribution in [3.8, 4) is 0 Å². The molecule has 1 saturated carbocycles. The van der Waals surface area contributed by atoms with Crippen molar-refractivity contribution in [2.24, 2.45) is 5.92 Å². The van der Waals surface area contributed by atoms with Crippen LogP contribution in [0.1, 0.15) is 42.6 Å². The van der Waals surface area contributed by atoms with E-state index in [1.54, 1.807) is 0 Å². The molecule has 1 aromatic rings. The fraction of sp³-hybridized carbons (Fsp3) is 0.765. The highest BCUT2D eigenvalue weighted by atomic mass is 16.5. The van der Waals surface area contributed by atoms with Gasteiger partial charge in [0.2, 0.25) is 5.91 Å². The van der Waals surface area contributed by atoms with Crippen molar-refractivity contribution in [1.82, 2.24) is 15.5 Å². The van der Waals surface area contributed by atoms with E-state index >= 15 is 0 Å². The molecule has 2 N–H and O–H groups in total. The number of ether oxygens (including phenoxy) is 2. The normalized spacial score (nSPS) is 24.6. The number of amides is 1. The number of nitrogens with one attached hydrogen (secondary N) is 2. The van der Waals surface area contributed by atoms with Crippen molar-refractivity contribution in [3.05, 3.63) is 17.0 Å². The minimum absolute atomic E-state index is 0.0305. The van der Waals surface area contributed by atoms with Gasteiger partial charge in [-0.1, -0.05) is 0 Å². The van der Waals surface area contributed by atoms with Crippen LogP contribution in [0.2, 0.25) is 0 Å². The van der Waals surface area contributed by atoms with E-state index in [2.05, 4.69) is 15.5 Å². The average Bonchev–Trinajstić information content (AvgIpc) is 3.32. The standard InChI is InChI=1S/C17H27N3O3/c1-11-12(2)19-20-14(11)5-6-17(21)18-15-10-22-8-7-16(15)23-9-13-3-4-13/h13,15-16H,3-10H2,1-2H3,(H,18,21)(H,19,20)/t15-,16+/m1/s1. The lowest BCUT2D eigenvalue weighted by Gasteiger charge is -2.32. The molecule has 1 saturated heterocycles. The fourth-order valence-electron chi connectivity index (χ4n) is 2.89. The van der Waals surface area contributed by atoms with E-state index in [0.29, 0.717) is 26.1 Å². The zero-order valence-electron chi connectivity index (χ0n) is 14.1. The zero-order chi connectivity index (χ0) is 16.2. The first-order chi connectivity index (χ1) is 11.1. The molecule has 0 bridgehead atoms. The smallest absolute Gasteiger partial charge is 0.220 e. The van der Waals surface area contributed by atoms with Crippen LogP contribution in [0.3, 0.4) is 0 Å². The summed E-state index contributed by atoms with van der Waals surface area (Å²) in [4.78, 5) is 12.2. The predicted octanol–water partition coefficient (Wildman–Crippen LogP) is 1.66. The molecule has 1 aromatic heterocycles. The Kier molecular flexibility index (Phi) is 5.33. The van der Waals surface area contributed by atoms with E-state index < -0.39 is 0 Å². The lowest BCUT2D eigenvalue weighted by molar-refractivity contribution is -0.126. The Labute approximate surface area is 137 Å². The molecule has 1 aliphatic carbocycles. The van der Waals surface area contributed by atoms with Crippen molar-refractivity contribution in [2.45, 2.75) is 58.1 Å². The second-order valence-electron chi connectivity index (χ2n) is 6.77. The summed E-state index contributed by atoms with van der Waals surface area (Å²) in [6.07, 6.45) is 4.60. The molecular formula is C17H27N3O3. The molecule has 6 nitrogen and oxygen atoms in total. The number of H-pyrrole nitrogens is 1. The molecule has 0 unspecified atom stereocenters. The van der Waals surface area contributed by atoms with Crippen molar-refractivity contribution in [2.75, 3.05) is 19.8 Å². The molecule has 2 atom stereocenters. The SMILES string of the molecule is Cc1[nH]nc(CCC(=O)N[C@@H]2COCC[C@@H]2OCC2CC2)c1C. The summed E-state index contributed by atoms with van der Waals surface area (Å²) in [6.45, 7) is 6.10. The number of aryl methyl sites for hydroxylation is 2. The predicted molar refractivity (Wildman–Crippen MR) is 86.2 cm³/mol. The first-order valence-electron chi connectivity index (χ1n) is 8.62. The molecular weight excluding hydrogens is 294 g/mol. The van der Waals surface area contributed by atoms with Crippen LogP contribution in [0.15, 0.2) is 0 Å². The van der Waals surface area contributed by atoms with Gasteiger partial charge in [0, 0.05) is 31.7 Å². The fourth-order valence-corrected chi connectivity index (χ4v) is 2.89. The number of aromatic nitrogens is 2. The summed E-state index contributed by atoms with van der Waals surface area (Å²) in [5.41, 5.74) is 3.18. The van der Waals surface area contributed by atoms with Crippen molar-refractivity contribution in [1.29, 1.82) is 0 Å². The third kappa shape index (κ3) is 4.54. The topological polar surface area (TPSA) is 76.2 Å². The molecule has 3 rings (SSSR count). The molecule has 6 heteroatoms. The van der Waals surface area contributed by atoms with Gasteiger partial charge in [0.05, 0.1) is 24.4 Å². The zero-order valence-corrected chi connectivity index (χ0v) is 14.1. The van der Waals surface area contributed by atoms with Crippen LogP contribution in [-0.2, 0) is 20.7 Å². The van der Waals surface area contributed by atoms with E-state index in [4.69, 9.17) is 9.47 Å². The Morgan fingerprint density at radius 1 is 1.39 bits per heavy atom. The number of aromatic amines is 1. The quantitative estimate of drug-likeness (QED) is 0.801. The van der Waals surface area contributed by atoms with Crippen LogP contribution in [0, 0.1) is 19.8 Å². The molecule has 2 aliphatic rings. The van der Waals surface area contributed by atoms with Gasteiger partial charge < -0.3 is 14.8 Å². The molecule has 0 spiro atoms. The van der Waals surface area contributed by atoms with Crippen LogP contribution in [0.25, 0.3) is 0 Å². The summed E-state index contributed by atoms with van der Waals surface area (Å²) < 4.78 is 11.5. The Morgan fingerprint density at radius 3 is 2.91 bits per heavy atom. The molecule has 23 heavy (non-hydrogen) atoms. The molecule has 2 heterocycles. The van der Waals surface area contributed by atoms with Crippen LogP contribution in [0.5, 0.6) is 0 Å². The third-order valence-corrected chi connectivity index (χ3v) is 4.83. The lowest BCUT2D eigenvalue weighted by Crippen LogP contribution is -2.50. The van der Waals surface area contributed by atoms with Gasteiger partial charge in [0.25, 0.3) is 0 Å². The number of hydrogen-bond donors (Lipinski definition) is 2. The first kappa shape index (κ1) is 16.5. The number of hydrogen-bond acceptors (Lipinski definition) is 4. The van der Waals surface area contributed by atoms with Crippen molar-refractivity contribution < 1.29 is 14.3 Å². The molecule has 128 valence electrons. The second kappa shape index (κ2) is 7.45. The summed E-state index contributed by atoms with van der Waals surface area (Å²) >= 11 is 0. The van der Waals surface area contributed by atoms with Gasteiger partial charge in [-0.25, -0.2) is 0 Å². The highest BCUT2D eigenvalue weighted by Gasteiger charge is 2.30. The monoisotopic (exact) mass is 321 g/mol. The summed E-state index contributed by atoms with van der Waals surface area (Å²) in [7, 11) is 0. The molecule has 0 aromatic carbocycles. The summed E-state index contributed by atoms with van der Waals surface area (Å²) in [5.74, 6) is 0.778. The Morgan fingerprint density at radius 2 is 2.22 bits per heavy atom. The minimum atomic E-state index is -0.0305. The van der Waals surface area contributed by atoms with Crippen molar-refractivity contribution >= 4 is 5.91 Å². The van der Waals surface area contributed by atoms with Crippen LogP contribution in [0.4, 0.5) is 0 Å². The van der Waals surface area contributed by atoms with Crippen LogP contribution >= 0.6 is 0 Å². The number of carbonyl (C=O) groups excluding carboxylic acids is 1. The van der Waals surface area contributed by atoms with Crippen molar-refractivity contribution in [3.63, 3.8) is 0 Å². The summed E-state index contributed by atoms with van der Waals surface area (Å²) in [6, 6.07) is -0.0305. The Balaban J connectivity index is 1.45. The van der Waals surface area contributed by atoms with Gasteiger partial charge in [-0.3, -0.25) is 9.89 Å². The summed E-state index contributed by atoms with van der Waals surface area (Å²) in [5, 5.41) is 10.3. The van der Waals surface area contributed by atoms with Gasteiger partial charge >= 0.3 is 0 Å². The maximum absolute atomic E-state index is 12.2. The van der Waals surface area contributed by atoms with Gasteiger partial charge in [0.15, 0.2) is 0 Å². The Bertz CT molecular complexity index is 539. The minimum Gasteiger partial charge on any atom is -0.379 e. The van der Waals surface area contributed by atoms with Gasteiger partial charge in [-0.05, 0) is 44.6 Å². The highest BCUT2D eigenvalue weighted by Crippen LogP contribution is 2.30. The lowest BCUT2D eigenvalue weighted by atomic mass is 10.1. The maximum Gasteiger partial charge on any atom is 0.220 e. The molecule has 0 radical (unpaired) electrons. The van der Waals surface area contributed by atoms with Crippen LogP contribution < -0.4 is 5.32 Å². The molecule has 2 fully saturated rings. The van der Waals surface area contributed by atoms with E-state index in [9.17, 15) is 4.79 Å². The second-order valence-corrected chi connectivity index (χ2v) is 6.77. The van der Waals surface area contributed by atoms with Gasteiger partial charge in [-0.15, -0.1) is 0 Å². The van der Waals surface area contributed by atoms with E-state index in [1.807, 2.05) is 13.8 Å². The number of nitrogens with zero attached hydrogens (tertiary/aromatic N) is 1. The van der Waals surface area contributed by atoms with E-state index in [0.717, 1.165) is 35.9 Å². The average molecular weight is 321 g/mol. The third-order valence-electron chi connectivity index (χ3n) is 4.83. The van der Waals surface area contributed by atoms with E-state index in [-0.39, 0.29) is 18.1 Å². The number of rotatable bonds is 7. The first-order valence-corrected chi connectivity index (χ1v) is 8.62. The van der Waals surface area contributed by atoms with Crippen LogP contribution in [-0.4, -0.2) is 48.1 Å². The van der Waals surface area contributed by atoms with E-state index in [1.165, 1.54) is 12.8 Å². The number of carbonyl (C=O) groups is 1. The maximum atomic E-state index is 12.2. The van der Waals surface area contributed by atoms with Gasteiger partial charge in [-0.2, -0.15) is 5.10 Å². The Hall–Kier alpha value is -1.40. The molecule has 1 aliphatic heterocycles. The highest BCUT2D eigenvalue weighted by molar-refractivity contribution is 5.76. The molecule has 1 amide bonds. The largest absolute Gasteiger partial charge is 0.379 e.